The predicted octanol–water partition coefficient (Wildman–Crippen LogP) is -1.95. The van der Waals surface area contributed by atoms with Gasteiger partial charge in [-0.25, -0.2) is 0 Å². The minimum Gasteiger partial charge on any atom is -0.394 e. The van der Waals surface area contributed by atoms with Gasteiger partial charge in [0.2, 0.25) is 0 Å². The molecular weight excluding hydrogens is 989 g/mol. The standard InChI is InChI=1S/C53H88O22/c1-48(2)14-15-53(22-71-46-42(66)37(61)34(58)26(18-54)72-46)24(16-48)23-8-9-30-50(5)12-11-32(49(3,4)29(50)10-13-51(30,6)52(23,7)17-31(53)56)75-47-43(67)39(63)36(60)28(74-47)21-70-45-41(65)38(62)35(59)27(73-45)20-69-44-40(64)33(57)25(55)19-68-44/h8,24-47,54-67H,9-22H2,1-7H3/t24-,25+,26+,27+,28+,29-,30+,31-,32-,33-,34+,35+,36+,37-,38-,39-,40+,41+,42+,43+,44-,45+,46+,47-,50-,51+,52+,53+/m0/s1. The van der Waals surface area contributed by atoms with E-state index in [1.54, 1.807) is 0 Å². The van der Waals surface area contributed by atoms with E-state index in [9.17, 15) is 71.5 Å². The Morgan fingerprint density at radius 2 is 1.09 bits per heavy atom. The van der Waals surface area contributed by atoms with Crippen LogP contribution in [-0.4, -0.2) is 233 Å². The zero-order valence-electron chi connectivity index (χ0n) is 44.4. The van der Waals surface area contributed by atoms with Crippen molar-refractivity contribution in [3.63, 3.8) is 0 Å². The average molecular weight is 1080 g/mol. The van der Waals surface area contributed by atoms with E-state index in [0.29, 0.717) is 19.3 Å². The van der Waals surface area contributed by atoms with E-state index < -0.39 is 165 Å². The first-order valence-electron chi connectivity index (χ1n) is 27.3. The first-order valence-corrected chi connectivity index (χ1v) is 27.3. The molecule has 5 aliphatic carbocycles. The highest BCUT2D eigenvalue weighted by atomic mass is 16.7. The molecule has 28 atom stereocenters. The molecule has 14 N–H and O–H groups in total. The Morgan fingerprint density at radius 1 is 0.547 bits per heavy atom. The summed E-state index contributed by atoms with van der Waals surface area (Å²) in [6, 6.07) is 0. The van der Waals surface area contributed by atoms with Gasteiger partial charge in [-0.1, -0.05) is 60.1 Å². The van der Waals surface area contributed by atoms with Gasteiger partial charge in [-0.15, -0.1) is 0 Å². The highest BCUT2D eigenvalue weighted by Gasteiger charge is 2.70. The molecule has 8 fully saturated rings. The van der Waals surface area contributed by atoms with Crippen molar-refractivity contribution >= 4 is 0 Å². The third kappa shape index (κ3) is 9.84. The first-order chi connectivity index (χ1) is 35.1. The zero-order chi connectivity index (χ0) is 54.7. The van der Waals surface area contributed by atoms with E-state index in [1.807, 2.05) is 0 Å². The number of allylic oxidation sites excluding steroid dienone is 2. The van der Waals surface area contributed by atoms with Gasteiger partial charge in [0.1, 0.15) is 91.6 Å². The van der Waals surface area contributed by atoms with Crippen molar-refractivity contribution in [1.82, 2.24) is 0 Å². The molecule has 22 nitrogen and oxygen atoms in total. The summed E-state index contributed by atoms with van der Waals surface area (Å²) >= 11 is 0. The molecule has 432 valence electrons. The molecule has 4 heterocycles. The lowest BCUT2D eigenvalue weighted by Gasteiger charge is -2.72. The average Bonchev–Trinajstić information content (AvgIpc) is 3.37. The first kappa shape index (κ1) is 58.5. The van der Waals surface area contributed by atoms with Crippen molar-refractivity contribution in [3.8, 4) is 0 Å². The SMILES string of the molecule is CC1(C)CC[C@]2(CO[C@@H]3O[C@H](CO)[C@@H](O)[C@H](O)[C@H]3O)[C@@H](O)C[C@]3(C)C(=CC[C@@H]4[C@@]5(C)CC[C@H](O[C@@H]6O[C@H](CO[C@@H]7O[C@H](CO[C@@H]8OC[C@@H](O)[C@H](O)[C@H]8O)[C@@H](O)[C@H](O)[C@H]7O)[C@@H](O)[C@H](O)[C@H]6O)C(C)(C)[C@@H]5CC[C@]43C)[C@@H]2C1. The van der Waals surface area contributed by atoms with Crippen LogP contribution in [0.2, 0.25) is 0 Å². The van der Waals surface area contributed by atoms with E-state index in [0.717, 1.165) is 38.5 Å². The van der Waals surface area contributed by atoms with E-state index in [1.165, 1.54) is 5.57 Å². The molecule has 0 aromatic heterocycles. The van der Waals surface area contributed by atoms with Crippen LogP contribution in [-0.2, 0) is 37.9 Å². The summed E-state index contributed by atoms with van der Waals surface area (Å²) in [4.78, 5) is 0. The molecule has 0 radical (unpaired) electrons. The van der Waals surface area contributed by atoms with Crippen LogP contribution in [0.3, 0.4) is 0 Å². The van der Waals surface area contributed by atoms with Gasteiger partial charge < -0.3 is 109 Å². The van der Waals surface area contributed by atoms with Gasteiger partial charge in [-0.05, 0) is 103 Å². The second kappa shape index (κ2) is 21.3. The summed E-state index contributed by atoms with van der Waals surface area (Å²) in [5.41, 5.74) is -0.719. The third-order valence-corrected chi connectivity index (χ3v) is 21.1. The van der Waals surface area contributed by atoms with E-state index >= 15 is 0 Å². The maximum absolute atomic E-state index is 12.7. The van der Waals surface area contributed by atoms with Crippen molar-refractivity contribution in [2.24, 2.45) is 50.2 Å². The molecule has 4 saturated carbocycles. The minimum atomic E-state index is -1.80. The predicted molar refractivity (Wildman–Crippen MR) is 258 cm³/mol. The summed E-state index contributed by atoms with van der Waals surface area (Å²) in [7, 11) is 0. The van der Waals surface area contributed by atoms with E-state index in [2.05, 4.69) is 54.5 Å². The van der Waals surface area contributed by atoms with Gasteiger partial charge in [0.15, 0.2) is 25.2 Å². The Hall–Kier alpha value is -1.14. The Balaban J connectivity index is 0.876. The highest BCUT2D eigenvalue weighted by molar-refractivity contribution is 5.35. The van der Waals surface area contributed by atoms with Crippen LogP contribution in [0.15, 0.2) is 11.6 Å². The second-order valence-electron chi connectivity index (χ2n) is 26.1. The van der Waals surface area contributed by atoms with Crippen LogP contribution in [0, 0.1) is 50.2 Å². The molecule has 4 saturated heterocycles. The van der Waals surface area contributed by atoms with E-state index in [4.69, 9.17) is 37.9 Å². The third-order valence-electron chi connectivity index (χ3n) is 21.1. The molecule has 0 unspecified atom stereocenters. The Bertz CT molecular complexity index is 2010. The largest absolute Gasteiger partial charge is 0.394 e. The zero-order valence-corrected chi connectivity index (χ0v) is 44.4. The molecule has 0 aromatic carbocycles. The number of fused-ring (bicyclic) bond motifs is 7. The van der Waals surface area contributed by atoms with Crippen molar-refractivity contribution in [2.75, 3.05) is 33.0 Å². The number of hydrogen-bond donors (Lipinski definition) is 14. The number of ether oxygens (including phenoxy) is 8. The van der Waals surface area contributed by atoms with E-state index in [-0.39, 0.29) is 47.2 Å². The van der Waals surface area contributed by atoms with Crippen molar-refractivity contribution < 1.29 is 109 Å². The molecule has 0 bridgehead atoms. The van der Waals surface area contributed by atoms with Gasteiger partial charge in [-0.2, -0.15) is 0 Å². The molecule has 4 aliphatic heterocycles. The normalized spacial score (nSPS) is 54.7. The second-order valence-corrected chi connectivity index (χ2v) is 26.1. The lowest BCUT2D eigenvalue weighted by atomic mass is 9.33. The number of aliphatic hydroxyl groups excluding tert-OH is 14. The lowest BCUT2D eigenvalue weighted by molar-refractivity contribution is -0.348. The minimum absolute atomic E-state index is 0.0337. The maximum atomic E-state index is 12.7. The van der Waals surface area contributed by atoms with Crippen LogP contribution in [0.25, 0.3) is 0 Å². The molecule has 0 aromatic rings. The van der Waals surface area contributed by atoms with Crippen molar-refractivity contribution in [1.29, 1.82) is 0 Å². The Labute approximate surface area is 438 Å². The Kier molecular flexibility index (Phi) is 16.6. The topological polar surface area (TPSA) is 357 Å². The fourth-order valence-electron chi connectivity index (χ4n) is 16.2. The van der Waals surface area contributed by atoms with Gasteiger partial charge >= 0.3 is 0 Å². The van der Waals surface area contributed by atoms with Crippen LogP contribution in [0.1, 0.15) is 106 Å². The molecular formula is C53H88O22. The van der Waals surface area contributed by atoms with Crippen molar-refractivity contribution in [2.45, 2.75) is 235 Å². The molecule has 0 spiro atoms. The molecule has 22 heteroatoms. The summed E-state index contributed by atoms with van der Waals surface area (Å²) in [6.45, 7) is 14.1. The Morgan fingerprint density at radius 3 is 1.72 bits per heavy atom. The monoisotopic (exact) mass is 1080 g/mol. The van der Waals surface area contributed by atoms with Gasteiger partial charge in [0.05, 0.1) is 45.2 Å². The van der Waals surface area contributed by atoms with Crippen LogP contribution < -0.4 is 0 Å². The van der Waals surface area contributed by atoms with Crippen molar-refractivity contribution in [3.05, 3.63) is 11.6 Å². The molecule has 9 rings (SSSR count). The summed E-state index contributed by atoms with van der Waals surface area (Å²) in [6.07, 6.45) is -21.2. The maximum Gasteiger partial charge on any atom is 0.186 e. The smallest absolute Gasteiger partial charge is 0.186 e. The number of aliphatic hydroxyl groups is 14. The van der Waals surface area contributed by atoms with Crippen LogP contribution in [0.5, 0.6) is 0 Å². The lowest BCUT2D eigenvalue weighted by Crippen LogP contribution is -2.67. The molecule has 0 amide bonds. The fourth-order valence-corrected chi connectivity index (χ4v) is 16.2. The van der Waals surface area contributed by atoms with Crippen LogP contribution in [0.4, 0.5) is 0 Å². The summed E-state index contributed by atoms with van der Waals surface area (Å²) in [5, 5.41) is 150. The number of rotatable bonds is 12. The summed E-state index contributed by atoms with van der Waals surface area (Å²) < 4.78 is 47.3. The summed E-state index contributed by atoms with van der Waals surface area (Å²) in [5.74, 6) is 0.292. The van der Waals surface area contributed by atoms with Crippen LogP contribution >= 0.6 is 0 Å². The quantitative estimate of drug-likeness (QED) is 0.0746. The molecule has 75 heavy (non-hydrogen) atoms. The fraction of sp³-hybridized carbons (Fsp3) is 0.962. The number of hydrogen-bond acceptors (Lipinski definition) is 22. The van der Waals surface area contributed by atoms with Gasteiger partial charge in [0.25, 0.3) is 0 Å². The molecule has 9 aliphatic rings. The van der Waals surface area contributed by atoms with Gasteiger partial charge in [-0.3, -0.25) is 0 Å². The highest BCUT2D eigenvalue weighted by Crippen LogP contribution is 2.76. The van der Waals surface area contributed by atoms with Gasteiger partial charge in [0, 0.05) is 5.41 Å².